The average Bonchev–Trinajstić information content (AvgIpc) is 2.58. The fraction of sp³-hybridized carbons (Fsp3) is 0.267. The van der Waals surface area contributed by atoms with Gasteiger partial charge in [-0.25, -0.2) is 0 Å². The molecule has 0 saturated heterocycles. The summed E-state index contributed by atoms with van der Waals surface area (Å²) in [5.74, 6) is -0.822. The number of H-pyrrole nitrogens is 1. The van der Waals surface area contributed by atoms with Gasteiger partial charge in [0.1, 0.15) is 5.69 Å². The number of nitrogens with zero attached hydrogens (tertiary/aromatic N) is 3. The van der Waals surface area contributed by atoms with Crippen LogP contribution in [0.1, 0.15) is 24.6 Å². The predicted molar refractivity (Wildman–Crippen MR) is 99.6 cm³/mol. The van der Waals surface area contributed by atoms with Gasteiger partial charge >= 0.3 is 5.97 Å². The van der Waals surface area contributed by atoms with Gasteiger partial charge in [-0.3, -0.25) is 14.7 Å². The maximum Gasteiger partial charge on any atom is 0.303 e. The Balaban J connectivity index is 2.39. The molecule has 0 aliphatic carbocycles. The van der Waals surface area contributed by atoms with E-state index in [2.05, 4.69) is 31.2 Å². The van der Waals surface area contributed by atoms with Crippen LogP contribution < -0.4 is 10.3 Å². The molecule has 0 atom stereocenters. The second kappa shape index (κ2) is 8.72. The number of phenolic OH excluding ortho intramolecular Hbond substituents is 1. The van der Waals surface area contributed by atoms with Crippen molar-refractivity contribution < 1.29 is 19.7 Å². The van der Waals surface area contributed by atoms with Gasteiger partial charge in [0.15, 0.2) is 11.5 Å². The topological polar surface area (TPSA) is 130 Å². The van der Waals surface area contributed by atoms with Crippen LogP contribution in [-0.2, 0) is 11.2 Å². The Hall–Kier alpha value is -2.53. The second-order valence-corrected chi connectivity index (χ2v) is 6.25. The molecule has 1 aromatic heterocycles. The number of rotatable bonds is 7. The van der Waals surface area contributed by atoms with Crippen LogP contribution in [0.25, 0.3) is 0 Å². The molecule has 0 unspecified atom stereocenters. The number of ether oxygens (including phenoxy) is 1. The smallest absolute Gasteiger partial charge is 0.303 e. The Labute approximate surface area is 161 Å². The van der Waals surface area contributed by atoms with Gasteiger partial charge in [0, 0.05) is 6.42 Å². The molecule has 138 valence electrons. The van der Waals surface area contributed by atoms with E-state index >= 15 is 0 Å². The highest BCUT2D eigenvalue weighted by molar-refractivity contribution is 9.10. The minimum absolute atomic E-state index is 0.0139. The molecular formula is C15H15BrN4O5S. The highest BCUT2D eigenvalue weighted by Gasteiger charge is 2.10. The zero-order valence-electron chi connectivity index (χ0n) is 13.6. The summed E-state index contributed by atoms with van der Waals surface area (Å²) in [6.07, 6.45) is 1.08. The number of phenols is 1. The lowest BCUT2D eigenvalue weighted by Crippen LogP contribution is -2.25. The lowest BCUT2D eigenvalue weighted by molar-refractivity contribution is -0.136. The number of carbonyl (C=O) groups is 1. The Morgan fingerprint density at radius 2 is 2.27 bits per heavy atom. The van der Waals surface area contributed by atoms with Gasteiger partial charge in [-0.15, -0.1) is 0 Å². The first-order valence-electron chi connectivity index (χ1n) is 7.45. The summed E-state index contributed by atoms with van der Waals surface area (Å²) in [5.41, 5.74) is -0.0440. The molecule has 2 aromatic rings. The maximum atomic E-state index is 12.3. The third-order valence-electron chi connectivity index (χ3n) is 3.17. The second-order valence-electron chi connectivity index (χ2n) is 5.01. The zero-order chi connectivity index (χ0) is 19.3. The molecule has 0 amide bonds. The summed E-state index contributed by atoms with van der Waals surface area (Å²) in [6.45, 7) is 2.14. The molecule has 26 heavy (non-hydrogen) atoms. The van der Waals surface area contributed by atoms with Crippen LogP contribution in [0.15, 0.2) is 26.5 Å². The van der Waals surface area contributed by atoms with Crippen LogP contribution >= 0.6 is 28.1 Å². The van der Waals surface area contributed by atoms with Crippen molar-refractivity contribution in [3.8, 4) is 11.5 Å². The number of halogens is 1. The molecule has 1 heterocycles. The van der Waals surface area contributed by atoms with Crippen molar-refractivity contribution in [3.63, 3.8) is 0 Å². The molecule has 0 aliphatic heterocycles. The number of aromatic nitrogens is 3. The van der Waals surface area contributed by atoms with Crippen molar-refractivity contribution in [2.24, 2.45) is 5.10 Å². The number of hydrogen-bond donors (Lipinski definition) is 3. The van der Waals surface area contributed by atoms with Crippen molar-refractivity contribution in [2.75, 3.05) is 6.61 Å². The van der Waals surface area contributed by atoms with Crippen LogP contribution in [0.3, 0.4) is 0 Å². The number of carboxylic acid groups (broad SMARTS) is 1. The molecule has 0 saturated carbocycles. The molecule has 0 aliphatic rings. The van der Waals surface area contributed by atoms with Crippen LogP contribution in [0.5, 0.6) is 11.5 Å². The first-order chi connectivity index (χ1) is 12.3. The van der Waals surface area contributed by atoms with E-state index in [0.29, 0.717) is 16.6 Å². The van der Waals surface area contributed by atoms with Gasteiger partial charge in [-0.2, -0.15) is 14.9 Å². The lowest BCUT2D eigenvalue weighted by Gasteiger charge is -2.08. The van der Waals surface area contributed by atoms with E-state index < -0.39 is 11.5 Å². The fourth-order valence-electron chi connectivity index (χ4n) is 1.98. The highest BCUT2D eigenvalue weighted by atomic mass is 79.9. The molecule has 0 radical (unpaired) electrons. The number of nitrogens with one attached hydrogen (secondary N) is 1. The van der Waals surface area contributed by atoms with Crippen molar-refractivity contribution in [1.82, 2.24) is 14.9 Å². The molecule has 11 heteroatoms. The predicted octanol–water partition coefficient (Wildman–Crippen LogP) is 2.07. The minimum atomic E-state index is -1.04. The fourth-order valence-corrected chi connectivity index (χ4v) is 2.61. The summed E-state index contributed by atoms with van der Waals surface area (Å²) >= 11 is 8.22. The van der Waals surface area contributed by atoms with Crippen molar-refractivity contribution >= 4 is 40.3 Å². The third-order valence-corrected chi connectivity index (χ3v) is 4.04. The summed E-state index contributed by atoms with van der Waals surface area (Å²) in [6, 6.07) is 3.14. The quantitative estimate of drug-likeness (QED) is 0.441. The van der Waals surface area contributed by atoms with Crippen molar-refractivity contribution in [3.05, 3.63) is 43.0 Å². The third kappa shape index (κ3) is 4.76. The van der Waals surface area contributed by atoms with E-state index in [4.69, 9.17) is 22.1 Å². The minimum Gasteiger partial charge on any atom is -0.503 e. The van der Waals surface area contributed by atoms with Crippen molar-refractivity contribution in [2.45, 2.75) is 19.8 Å². The van der Waals surface area contributed by atoms with Gasteiger partial charge in [-0.1, -0.05) is 0 Å². The normalized spacial score (nSPS) is 11.0. The van der Waals surface area contributed by atoms with E-state index in [-0.39, 0.29) is 34.8 Å². The van der Waals surface area contributed by atoms with E-state index in [1.807, 2.05) is 0 Å². The van der Waals surface area contributed by atoms with E-state index in [1.54, 1.807) is 19.1 Å². The van der Waals surface area contributed by atoms with Gasteiger partial charge in [0.05, 0.1) is 23.7 Å². The number of aromatic hydroxyl groups is 1. The first-order valence-corrected chi connectivity index (χ1v) is 8.65. The van der Waals surface area contributed by atoms with Crippen LogP contribution in [0.2, 0.25) is 0 Å². The van der Waals surface area contributed by atoms with Crippen LogP contribution in [0, 0.1) is 4.77 Å². The summed E-state index contributed by atoms with van der Waals surface area (Å²) in [4.78, 5) is 23.0. The summed E-state index contributed by atoms with van der Waals surface area (Å²) in [5, 5.41) is 28.9. The number of hydrogen-bond acceptors (Lipinski definition) is 7. The average molecular weight is 443 g/mol. The highest BCUT2D eigenvalue weighted by Crippen LogP contribution is 2.35. The number of benzene rings is 1. The Morgan fingerprint density at radius 1 is 1.54 bits per heavy atom. The maximum absolute atomic E-state index is 12.3. The van der Waals surface area contributed by atoms with Gasteiger partial charge < -0.3 is 14.9 Å². The van der Waals surface area contributed by atoms with Gasteiger partial charge in [0.25, 0.3) is 5.56 Å². The molecule has 1 aromatic carbocycles. The standard InChI is InChI=1S/C15H15BrN4O5S/c1-2-25-11-6-8(5-9(16)13(11)23)7-17-20-14(24)10(3-4-12(21)22)18-19-15(20)26/h5-7,23H,2-4H2,1H3,(H,19,26)(H,21,22)/b17-7-. The SMILES string of the molecule is CCOc1cc(/C=N\n2c(=S)[nH]nc(CCC(=O)O)c2=O)cc(Br)c1O. The van der Waals surface area contributed by atoms with Gasteiger partial charge in [-0.05, 0) is 52.8 Å². The molecule has 0 fully saturated rings. The molecule has 0 bridgehead atoms. The number of aromatic amines is 1. The number of aliphatic carboxylic acids is 1. The molecule has 9 nitrogen and oxygen atoms in total. The van der Waals surface area contributed by atoms with E-state index in [0.717, 1.165) is 4.68 Å². The zero-order valence-corrected chi connectivity index (χ0v) is 16.0. The monoisotopic (exact) mass is 442 g/mol. The molecule has 0 spiro atoms. The number of carboxylic acids is 1. The van der Waals surface area contributed by atoms with Crippen molar-refractivity contribution in [1.29, 1.82) is 0 Å². The van der Waals surface area contributed by atoms with E-state index in [1.165, 1.54) is 6.21 Å². The van der Waals surface area contributed by atoms with E-state index in [9.17, 15) is 14.7 Å². The van der Waals surface area contributed by atoms with Gasteiger partial charge in [0.2, 0.25) is 4.77 Å². The van der Waals surface area contributed by atoms with Crippen LogP contribution in [-0.4, -0.2) is 43.9 Å². The molecule has 3 N–H and O–H groups in total. The van der Waals surface area contributed by atoms with Crippen LogP contribution in [0.4, 0.5) is 0 Å². The summed E-state index contributed by atoms with van der Waals surface area (Å²) < 4.78 is 6.61. The largest absolute Gasteiger partial charge is 0.503 e. The molecule has 2 rings (SSSR count). The Kier molecular flexibility index (Phi) is 6.64. The summed E-state index contributed by atoms with van der Waals surface area (Å²) in [7, 11) is 0. The number of aryl methyl sites for hydroxylation is 1. The molecular weight excluding hydrogens is 428 g/mol. The Morgan fingerprint density at radius 3 is 2.92 bits per heavy atom. The lowest BCUT2D eigenvalue weighted by atomic mass is 10.2. The first kappa shape index (κ1) is 19.8. The Bertz CT molecular complexity index is 969.